The Labute approximate surface area is 101 Å². The van der Waals surface area contributed by atoms with Crippen molar-refractivity contribution < 1.29 is 4.74 Å². The monoisotopic (exact) mass is 231 g/mol. The first-order valence-electron chi connectivity index (χ1n) is 6.06. The van der Waals surface area contributed by atoms with E-state index >= 15 is 0 Å². The molecule has 0 aliphatic carbocycles. The van der Waals surface area contributed by atoms with E-state index < -0.39 is 0 Å². The predicted octanol–water partition coefficient (Wildman–Crippen LogP) is 1.70. The van der Waals surface area contributed by atoms with Gasteiger partial charge in [-0.05, 0) is 24.6 Å². The first kappa shape index (κ1) is 10.7. The summed E-state index contributed by atoms with van der Waals surface area (Å²) < 4.78 is 5.34. The Kier molecular flexibility index (Phi) is 2.82. The van der Waals surface area contributed by atoms with Gasteiger partial charge in [-0.2, -0.15) is 0 Å². The molecule has 1 aliphatic heterocycles. The second-order valence-electron chi connectivity index (χ2n) is 4.59. The van der Waals surface area contributed by atoms with Crippen molar-refractivity contribution in [2.75, 3.05) is 26.3 Å². The molecule has 1 fully saturated rings. The Balaban J connectivity index is 1.80. The highest BCUT2D eigenvalue weighted by Crippen LogP contribution is 2.14. The van der Waals surface area contributed by atoms with Crippen LogP contribution in [0.15, 0.2) is 18.2 Å². The fourth-order valence-electron chi connectivity index (χ4n) is 2.22. The average Bonchev–Trinajstić information content (AvgIpc) is 2.71. The van der Waals surface area contributed by atoms with Crippen molar-refractivity contribution in [1.82, 2.24) is 14.9 Å². The van der Waals surface area contributed by atoms with Crippen LogP contribution in [-0.2, 0) is 11.3 Å². The number of aromatic nitrogens is 2. The van der Waals surface area contributed by atoms with Crippen LogP contribution in [0.4, 0.5) is 0 Å². The third-order valence-electron chi connectivity index (χ3n) is 3.16. The maximum atomic E-state index is 5.34. The molecule has 3 rings (SSSR count). The first-order chi connectivity index (χ1) is 8.31. The highest BCUT2D eigenvalue weighted by molar-refractivity contribution is 5.75. The molecule has 4 heteroatoms. The molecule has 4 nitrogen and oxygen atoms in total. The third kappa shape index (κ3) is 2.33. The number of hydrogen-bond donors (Lipinski definition) is 1. The number of H-pyrrole nitrogens is 1. The number of ether oxygens (including phenoxy) is 1. The van der Waals surface area contributed by atoms with Crippen LogP contribution >= 0.6 is 0 Å². The van der Waals surface area contributed by atoms with E-state index in [1.807, 2.05) is 0 Å². The summed E-state index contributed by atoms with van der Waals surface area (Å²) in [5.41, 5.74) is 3.45. The van der Waals surface area contributed by atoms with Gasteiger partial charge in [0.1, 0.15) is 5.82 Å². The topological polar surface area (TPSA) is 41.2 Å². The number of imidazole rings is 1. The number of nitrogens with one attached hydrogen (secondary N) is 1. The van der Waals surface area contributed by atoms with E-state index in [0.29, 0.717) is 0 Å². The summed E-state index contributed by atoms with van der Waals surface area (Å²) in [6.07, 6.45) is 0. The van der Waals surface area contributed by atoms with Crippen molar-refractivity contribution in [3.63, 3.8) is 0 Å². The van der Waals surface area contributed by atoms with Crippen LogP contribution in [0.5, 0.6) is 0 Å². The van der Waals surface area contributed by atoms with E-state index in [-0.39, 0.29) is 0 Å². The highest BCUT2D eigenvalue weighted by atomic mass is 16.5. The molecule has 17 heavy (non-hydrogen) atoms. The molecule has 0 saturated carbocycles. The van der Waals surface area contributed by atoms with Gasteiger partial charge >= 0.3 is 0 Å². The molecule has 90 valence electrons. The van der Waals surface area contributed by atoms with E-state index in [0.717, 1.165) is 49.7 Å². The maximum absolute atomic E-state index is 5.34. The summed E-state index contributed by atoms with van der Waals surface area (Å²) in [6, 6.07) is 6.32. The third-order valence-corrected chi connectivity index (χ3v) is 3.16. The molecular weight excluding hydrogens is 214 g/mol. The van der Waals surface area contributed by atoms with Gasteiger partial charge in [-0.1, -0.05) is 6.07 Å². The Hall–Kier alpha value is -1.39. The molecule has 2 heterocycles. The van der Waals surface area contributed by atoms with Crippen LogP contribution in [0.3, 0.4) is 0 Å². The lowest BCUT2D eigenvalue weighted by Crippen LogP contribution is -2.35. The van der Waals surface area contributed by atoms with Gasteiger partial charge in [0.2, 0.25) is 0 Å². The molecule has 1 saturated heterocycles. The normalized spacial score (nSPS) is 17.7. The smallest absolute Gasteiger partial charge is 0.121 e. The maximum Gasteiger partial charge on any atom is 0.121 e. The molecule has 1 N–H and O–H groups in total. The van der Waals surface area contributed by atoms with Crippen LogP contribution in [0.2, 0.25) is 0 Å². The molecule has 0 spiro atoms. The fraction of sp³-hybridized carbons (Fsp3) is 0.462. The highest BCUT2D eigenvalue weighted by Gasteiger charge is 2.12. The number of aryl methyl sites for hydroxylation is 1. The number of morpholine rings is 1. The van der Waals surface area contributed by atoms with Crippen LogP contribution in [0.25, 0.3) is 11.0 Å². The summed E-state index contributed by atoms with van der Waals surface area (Å²) >= 11 is 0. The molecule has 0 amide bonds. The number of rotatable bonds is 2. The molecule has 2 aromatic rings. The number of hydrogen-bond acceptors (Lipinski definition) is 3. The van der Waals surface area contributed by atoms with Crippen molar-refractivity contribution >= 4 is 11.0 Å². The lowest BCUT2D eigenvalue weighted by Gasteiger charge is -2.25. The Morgan fingerprint density at radius 1 is 1.35 bits per heavy atom. The Morgan fingerprint density at radius 2 is 2.18 bits per heavy atom. The Morgan fingerprint density at radius 3 is 3.00 bits per heavy atom. The van der Waals surface area contributed by atoms with Crippen molar-refractivity contribution in [2.45, 2.75) is 13.5 Å². The zero-order valence-electron chi connectivity index (χ0n) is 10.1. The number of fused-ring (bicyclic) bond motifs is 1. The number of nitrogens with zero attached hydrogens (tertiary/aromatic N) is 2. The average molecular weight is 231 g/mol. The van der Waals surface area contributed by atoms with Gasteiger partial charge < -0.3 is 9.72 Å². The quantitative estimate of drug-likeness (QED) is 0.855. The van der Waals surface area contributed by atoms with Gasteiger partial charge in [0.15, 0.2) is 0 Å². The molecule has 1 aliphatic rings. The molecular formula is C13H17N3O. The van der Waals surface area contributed by atoms with E-state index in [9.17, 15) is 0 Å². The number of aromatic amines is 1. The van der Waals surface area contributed by atoms with Gasteiger partial charge in [0.25, 0.3) is 0 Å². The summed E-state index contributed by atoms with van der Waals surface area (Å²) in [6.45, 7) is 6.64. The molecule has 0 atom stereocenters. The van der Waals surface area contributed by atoms with Gasteiger partial charge in [-0.3, -0.25) is 4.90 Å². The SMILES string of the molecule is Cc1ccc2nc(CN3CCOCC3)[nH]c2c1. The zero-order chi connectivity index (χ0) is 11.7. The van der Waals surface area contributed by atoms with Crippen molar-refractivity contribution in [3.8, 4) is 0 Å². The van der Waals surface area contributed by atoms with Gasteiger partial charge in [0, 0.05) is 13.1 Å². The van der Waals surface area contributed by atoms with Crippen LogP contribution in [-0.4, -0.2) is 41.2 Å². The van der Waals surface area contributed by atoms with Crippen LogP contribution in [0.1, 0.15) is 11.4 Å². The van der Waals surface area contributed by atoms with E-state index in [4.69, 9.17) is 4.74 Å². The lowest BCUT2D eigenvalue weighted by molar-refractivity contribution is 0.0332. The minimum Gasteiger partial charge on any atom is -0.379 e. The molecule has 1 aromatic carbocycles. The summed E-state index contributed by atoms with van der Waals surface area (Å²) in [5.74, 6) is 1.05. The minimum absolute atomic E-state index is 0.833. The second-order valence-corrected chi connectivity index (χ2v) is 4.59. The van der Waals surface area contributed by atoms with Gasteiger partial charge in [-0.25, -0.2) is 4.98 Å². The van der Waals surface area contributed by atoms with E-state index in [1.165, 1.54) is 5.56 Å². The Bertz CT molecular complexity index is 514. The largest absolute Gasteiger partial charge is 0.379 e. The van der Waals surface area contributed by atoms with Crippen LogP contribution in [0, 0.1) is 6.92 Å². The van der Waals surface area contributed by atoms with E-state index in [1.54, 1.807) is 0 Å². The molecule has 0 unspecified atom stereocenters. The zero-order valence-corrected chi connectivity index (χ0v) is 10.1. The molecule has 0 bridgehead atoms. The second kappa shape index (κ2) is 4.47. The molecule has 1 aromatic heterocycles. The van der Waals surface area contributed by atoms with Gasteiger partial charge in [-0.15, -0.1) is 0 Å². The van der Waals surface area contributed by atoms with Crippen molar-refractivity contribution in [2.24, 2.45) is 0 Å². The standard InChI is InChI=1S/C13H17N3O/c1-10-2-3-11-12(8-10)15-13(14-11)9-16-4-6-17-7-5-16/h2-3,8H,4-7,9H2,1H3,(H,14,15). The number of benzene rings is 1. The fourth-order valence-corrected chi connectivity index (χ4v) is 2.22. The van der Waals surface area contributed by atoms with Crippen molar-refractivity contribution in [1.29, 1.82) is 0 Å². The van der Waals surface area contributed by atoms with E-state index in [2.05, 4.69) is 40.0 Å². The summed E-state index contributed by atoms with van der Waals surface area (Å²) in [7, 11) is 0. The van der Waals surface area contributed by atoms with Crippen LogP contribution < -0.4 is 0 Å². The lowest BCUT2D eigenvalue weighted by atomic mass is 10.2. The summed E-state index contributed by atoms with van der Waals surface area (Å²) in [5, 5.41) is 0. The summed E-state index contributed by atoms with van der Waals surface area (Å²) in [4.78, 5) is 10.4. The van der Waals surface area contributed by atoms with Gasteiger partial charge in [0.05, 0.1) is 30.8 Å². The first-order valence-corrected chi connectivity index (χ1v) is 6.06. The minimum atomic E-state index is 0.833. The predicted molar refractivity (Wildman–Crippen MR) is 66.9 cm³/mol. The molecule has 0 radical (unpaired) electrons. The van der Waals surface area contributed by atoms with Crippen molar-refractivity contribution in [3.05, 3.63) is 29.6 Å².